The van der Waals surface area contributed by atoms with Crippen LogP contribution < -0.4 is 10.3 Å². The van der Waals surface area contributed by atoms with E-state index >= 15 is 0 Å². The number of benzene rings is 1. The van der Waals surface area contributed by atoms with E-state index in [0.29, 0.717) is 12.0 Å². The lowest BCUT2D eigenvalue weighted by Crippen LogP contribution is -2.58. The minimum absolute atomic E-state index is 0.00596. The molecule has 0 spiro atoms. The third-order valence-corrected chi connectivity index (χ3v) is 10.5. The lowest BCUT2D eigenvalue weighted by Gasteiger charge is -2.41. The second kappa shape index (κ2) is 30.1. The number of ether oxygens (including phenoxy) is 7. The summed E-state index contributed by atoms with van der Waals surface area (Å²) < 4.78 is 53.4. The number of amides is 1. The molecule has 66 heavy (non-hydrogen) atoms. The summed E-state index contributed by atoms with van der Waals surface area (Å²) in [5.41, 5.74) is -5.19. The van der Waals surface area contributed by atoms with Crippen molar-refractivity contribution in [2.45, 2.75) is 214 Å². The van der Waals surface area contributed by atoms with Crippen molar-refractivity contribution in [2.75, 3.05) is 40.6 Å². The number of methoxy groups -OCH3 is 2. The van der Waals surface area contributed by atoms with E-state index in [1.807, 2.05) is 55.4 Å². The summed E-state index contributed by atoms with van der Waals surface area (Å²) in [6, 6.07) is 5.59. The van der Waals surface area contributed by atoms with Crippen molar-refractivity contribution in [3.05, 3.63) is 29.8 Å². The van der Waals surface area contributed by atoms with Crippen LogP contribution in [0.5, 0.6) is 5.75 Å². The molecule has 0 aromatic heterocycles. The summed E-state index contributed by atoms with van der Waals surface area (Å²) in [5.74, 6) is -3.23. The first-order valence-electron chi connectivity index (χ1n) is 22.9. The number of halogens is 1. The van der Waals surface area contributed by atoms with Crippen molar-refractivity contribution in [3.8, 4) is 5.75 Å². The Morgan fingerprint density at radius 2 is 1.27 bits per heavy atom. The van der Waals surface area contributed by atoms with Crippen LogP contribution in [0.15, 0.2) is 24.3 Å². The Morgan fingerprint density at radius 1 is 0.727 bits per heavy atom. The Balaban J connectivity index is 0. The quantitative estimate of drug-likeness (QED) is 0.0269. The van der Waals surface area contributed by atoms with E-state index in [1.165, 1.54) is 31.4 Å². The molecule has 0 saturated carbocycles. The van der Waals surface area contributed by atoms with Crippen LogP contribution in [0.4, 0.5) is 4.53 Å². The highest BCUT2D eigenvalue weighted by Gasteiger charge is 2.48. The van der Waals surface area contributed by atoms with Crippen molar-refractivity contribution in [1.82, 2.24) is 5.32 Å². The fraction of sp³-hybridized carbons (Fsp3) is 0.833. The monoisotopic (exact) mass is 956 g/mol. The Kier molecular flexibility index (Phi) is 29.9. The molecular weight excluding hydrogens is 866 g/mol. The number of hydrogen-bond donors (Lipinski definition) is 6. The van der Waals surface area contributed by atoms with Crippen LogP contribution in [0.1, 0.15) is 143 Å². The minimum atomic E-state index is -1.82. The first-order chi connectivity index (χ1) is 30.4. The van der Waals surface area contributed by atoms with Crippen LogP contribution in [-0.2, 0) is 54.2 Å². The van der Waals surface area contributed by atoms with Gasteiger partial charge in [-0.3, -0.25) is 15.0 Å². The average molecular weight is 956 g/mol. The highest BCUT2D eigenvalue weighted by Crippen LogP contribution is 2.32. The van der Waals surface area contributed by atoms with Crippen LogP contribution in [0.3, 0.4) is 0 Å². The molecule has 0 heterocycles. The minimum Gasteiger partial charge on any atom is -0.459 e. The van der Waals surface area contributed by atoms with Crippen molar-refractivity contribution >= 4 is 11.9 Å². The summed E-state index contributed by atoms with van der Waals surface area (Å²) in [7, 11) is 3.09. The summed E-state index contributed by atoms with van der Waals surface area (Å²) >= 11 is 0. The van der Waals surface area contributed by atoms with Gasteiger partial charge in [0.05, 0.1) is 71.6 Å². The van der Waals surface area contributed by atoms with Crippen LogP contribution in [0, 0.1) is 5.92 Å². The van der Waals surface area contributed by atoms with Crippen molar-refractivity contribution in [1.29, 1.82) is 0 Å². The predicted molar refractivity (Wildman–Crippen MR) is 249 cm³/mol. The van der Waals surface area contributed by atoms with E-state index in [9.17, 15) is 39.8 Å². The number of hydrogen-bond acceptors (Lipinski definition) is 16. The Bertz CT molecular complexity index is 1470. The molecule has 18 heteroatoms. The summed E-state index contributed by atoms with van der Waals surface area (Å²) in [5, 5.41) is 57.5. The zero-order valence-corrected chi connectivity index (χ0v) is 43.6. The smallest absolute Gasteiger partial charge is 0.341 e. The van der Waals surface area contributed by atoms with E-state index in [1.54, 1.807) is 69.4 Å². The number of aliphatic hydroxyl groups is 4. The highest BCUT2D eigenvalue weighted by molar-refractivity contribution is 5.80. The second-order valence-electron chi connectivity index (χ2n) is 19.6. The molecular formula is C48H90FNO16. The number of esters is 1. The molecule has 1 aromatic rings. The van der Waals surface area contributed by atoms with Crippen LogP contribution in [-0.4, -0.2) is 148 Å². The standard InChI is InChI=1S/C44H78FNO16.2C2H6/c1-39(2,3)59-31(24-47)33(49)34(50)32(37(51)46-26-42(8,9)58-27-43(10,11)55-15)44(12,13)57-23-22-41(6,7)60-35(30(48)20-21-40(4,5)54-14)36(62-53)38(52)56-25-28-16-18-29(61-45)19-17-28;2*1-2/h16-19,30-36,47-50,53H,20-27H2,1-15H3,(H,46,51);2*1-2H3/t30?,31-,32?,33?,34?,35+,36?;;/m1../s1. The number of nitrogens with one attached hydrogen (secondary N) is 1. The van der Waals surface area contributed by atoms with Gasteiger partial charge in [0, 0.05) is 25.3 Å². The topological polar surface area (TPSA) is 230 Å². The molecule has 5 unspecified atom stereocenters. The van der Waals surface area contributed by atoms with Crippen molar-refractivity contribution in [3.63, 3.8) is 0 Å². The molecule has 0 radical (unpaired) electrons. The molecule has 0 fully saturated rings. The van der Waals surface area contributed by atoms with E-state index < -0.39 is 94.6 Å². The maximum absolute atomic E-state index is 14.1. The molecule has 17 nitrogen and oxygen atoms in total. The van der Waals surface area contributed by atoms with Gasteiger partial charge in [0.2, 0.25) is 12.0 Å². The fourth-order valence-corrected chi connectivity index (χ4v) is 6.15. The van der Waals surface area contributed by atoms with Gasteiger partial charge >= 0.3 is 5.97 Å². The lowest BCUT2D eigenvalue weighted by atomic mass is 9.81. The molecule has 1 amide bonds. The molecule has 0 bridgehead atoms. The van der Waals surface area contributed by atoms with E-state index in [0.717, 1.165) is 0 Å². The molecule has 1 rings (SSSR count). The van der Waals surface area contributed by atoms with Gasteiger partial charge in [0.1, 0.15) is 24.9 Å². The van der Waals surface area contributed by atoms with Crippen LogP contribution in [0.25, 0.3) is 0 Å². The third-order valence-electron chi connectivity index (χ3n) is 10.5. The first-order valence-corrected chi connectivity index (χ1v) is 22.9. The van der Waals surface area contributed by atoms with Gasteiger partial charge in [-0.15, -0.1) is 0 Å². The maximum Gasteiger partial charge on any atom is 0.341 e. The molecule has 0 saturated heterocycles. The molecule has 0 aliphatic rings. The molecule has 0 aliphatic heterocycles. The van der Waals surface area contributed by atoms with E-state index in [-0.39, 0.29) is 45.0 Å². The maximum atomic E-state index is 14.1. The molecule has 6 N–H and O–H groups in total. The van der Waals surface area contributed by atoms with Gasteiger partial charge in [-0.05, 0) is 127 Å². The molecule has 7 atom stereocenters. The molecule has 1 aromatic carbocycles. The van der Waals surface area contributed by atoms with Gasteiger partial charge in [-0.25, -0.2) is 9.68 Å². The van der Waals surface area contributed by atoms with Gasteiger partial charge < -0.3 is 58.9 Å². The number of carbonyl (C=O) groups excluding carboxylic acids is 2. The third kappa shape index (κ3) is 24.6. The van der Waals surface area contributed by atoms with Crippen molar-refractivity contribution in [2.24, 2.45) is 5.92 Å². The van der Waals surface area contributed by atoms with Gasteiger partial charge in [0.15, 0.2) is 5.75 Å². The van der Waals surface area contributed by atoms with Crippen LogP contribution >= 0.6 is 0 Å². The van der Waals surface area contributed by atoms with Crippen molar-refractivity contribution < 1.29 is 82.8 Å². The Labute approximate surface area is 395 Å². The average Bonchev–Trinajstić information content (AvgIpc) is 3.26. The predicted octanol–water partition coefficient (Wildman–Crippen LogP) is 6.67. The number of aliphatic hydroxyl groups excluding tert-OH is 4. The molecule has 0 aliphatic carbocycles. The van der Waals surface area contributed by atoms with E-state index in [4.69, 9.17) is 33.2 Å². The second-order valence-corrected chi connectivity index (χ2v) is 19.6. The molecule has 390 valence electrons. The van der Waals surface area contributed by atoms with Crippen LogP contribution in [0.2, 0.25) is 0 Å². The van der Waals surface area contributed by atoms with Gasteiger partial charge in [-0.2, -0.15) is 0 Å². The van der Waals surface area contributed by atoms with Gasteiger partial charge in [0.25, 0.3) is 0 Å². The zero-order chi connectivity index (χ0) is 51.9. The normalized spacial score (nSPS) is 16.0. The number of carbonyl (C=O) groups is 2. The SMILES string of the molecule is CC.CC.COC(C)(C)CCC(O)[C@H](OC(C)(C)CCOC(C)(C)C(C(=O)NCC(C)(C)OCC(C)(C)OC)C(O)C(O)[C@@H](CO)OC(C)(C)C)C(OO)C(=O)OCc1ccc(OF)cc1. The highest BCUT2D eigenvalue weighted by atomic mass is 19.3. The van der Waals surface area contributed by atoms with Gasteiger partial charge in [-0.1, -0.05) is 39.8 Å². The summed E-state index contributed by atoms with van der Waals surface area (Å²) in [6.07, 6.45) is -9.05. The Hall–Kier alpha value is -2.59. The fourth-order valence-electron chi connectivity index (χ4n) is 6.15. The number of rotatable bonds is 30. The lowest BCUT2D eigenvalue weighted by molar-refractivity contribution is -0.313. The van der Waals surface area contributed by atoms with E-state index in [2.05, 4.69) is 15.1 Å². The zero-order valence-electron chi connectivity index (χ0n) is 43.6. The Morgan fingerprint density at radius 3 is 1.74 bits per heavy atom. The largest absolute Gasteiger partial charge is 0.459 e. The first kappa shape index (κ1) is 65.5. The summed E-state index contributed by atoms with van der Waals surface area (Å²) in [6.45, 7) is 29.7. The summed E-state index contributed by atoms with van der Waals surface area (Å²) in [4.78, 5) is 35.8.